The molecular formula is C12H23O3PS4. The van der Waals surface area contributed by atoms with Crippen molar-refractivity contribution in [3.05, 3.63) is 0 Å². The number of rotatable bonds is 7. The zero-order chi connectivity index (χ0) is 14.3. The van der Waals surface area contributed by atoms with E-state index in [9.17, 15) is 9.46 Å². The quantitative estimate of drug-likeness (QED) is 0.312. The summed E-state index contributed by atoms with van der Waals surface area (Å²) in [5.41, 5.74) is 0. The normalized spacial score (nSPS) is 25.4. The van der Waals surface area contributed by atoms with E-state index in [0.29, 0.717) is 10.5 Å². The van der Waals surface area contributed by atoms with Crippen molar-refractivity contribution in [1.82, 2.24) is 0 Å². The maximum Gasteiger partial charge on any atom is 0.408 e. The molecule has 8 heteroatoms. The summed E-state index contributed by atoms with van der Waals surface area (Å²) in [7, 11) is 4.21. The summed E-state index contributed by atoms with van der Waals surface area (Å²) in [6.45, 7) is -3.51. The highest BCUT2D eigenvalue weighted by Crippen LogP contribution is 2.66. The Labute approximate surface area is 137 Å². The average molecular weight is 375 g/mol. The molecule has 0 saturated heterocycles. The molecule has 2 rings (SSSR count). The van der Waals surface area contributed by atoms with E-state index in [0.717, 1.165) is 21.5 Å². The van der Waals surface area contributed by atoms with Crippen LogP contribution in [0.1, 0.15) is 64.2 Å². The molecule has 1 unspecified atom stereocenters. The fraction of sp³-hybridized carbons (Fsp3) is 1.00. The molecule has 1 N–H and O–H groups in total. The first kappa shape index (κ1) is 17.9. The van der Waals surface area contributed by atoms with Gasteiger partial charge in [0.25, 0.3) is 0 Å². The lowest BCUT2D eigenvalue weighted by molar-refractivity contribution is 0.427. The molecule has 118 valence electrons. The largest absolute Gasteiger partial charge is 0.408 e. The summed E-state index contributed by atoms with van der Waals surface area (Å²) >= 11 is 1.12. The van der Waals surface area contributed by atoms with Crippen LogP contribution in [0.5, 0.6) is 0 Å². The zero-order valence-corrected chi connectivity index (χ0v) is 15.7. The Bertz CT molecular complexity index is 320. The minimum atomic E-state index is -3.51. The van der Waals surface area contributed by atoms with Crippen LogP contribution in [-0.2, 0) is 8.54 Å². The molecule has 0 radical (unpaired) electrons. The summed E-state index contributed by atoms with van der Waals surface area (Å²) in [6, 6.07) is 0. The molecule has 20 heavy (non-hydrogen) atoms. The first-order valence-electron chi connectivity index (χ1n) is 7.35. The Balaban J connectivity index is 1.58. The van der Waals surface area contributed by atoms with Crippen molar-refractivity contribution in [1.29, 1.82) is 0 Å². The maximum atomic E-state index is 11.9. The van der Waals surface area contributed by atoms with Gasteiger partial charge in [-0.1, -0.05) is 60.1 Å². The van der Waals surface area contributed by atoms with Crippen molar-refractivity contribution < 1.29 is 13.4 Å². The topological polar surface area (TPSA) is 46.5 Å². The molecule has 2 fully saturated rings. The van der Waals surface area contributed by atoms with Gasteiger partial charge in [0.1, 0.15) is 0 Å². The first-order valence-corrected chi connectivity index (χ1v) is 13.9. The van der Waals surface area contributed by atoms with Crippen molar-refractivity contribution in [2.24, 2.45) is 0 Å². The summed E-state index contributed by atoms with van der Waals surface area (Å²) in [5.74, 6) is 0. The molecule has 0 aromatic rings. The molecule has 2 aliphatic carbocycles. The smallest absolute Gasteiger partial charge is 0.315 e. The molecule has 0 spiro atoms. The second-order valence-corrected chi connectivity index (χ2v) is 13.7. The van der Waals surface area contributed by atoms with Gasteiger partial charge in [0, 0.05) is 20.9 Å². The highest BCUT2D eigenvalue weighted by Gasteiger charge is 2.26. The third-order valence-electron chi connectivity index (χ3n) is 3.68. The third kappa shape index (κ3) is 7.21. The molecule has 1 atom stereocenters. The van der Waals surface area contributed by atoms with Crippen LogP contribution in [0, 0.1) is 0 Å². The minimum absolute atomic E-state index is 0.522. The van der Waals surface area contributed by atoms with Gasteiger partial charge in [-0.05, 0) is 25.7 Å². The summed E-state index contributed by atoms with van der Waals surface area (Å²) < 4.78 is 17.1. The molecule has 0 heterocycles. The second kappa shape index (κ2) is 9.64. The van der Waals surface area contributed by atoms with Crippen LogP contribution in [-0.4, -0.2) is 15.4 Å². The van der Waals surface area contributed by atoms with Crippen LogP contribution in [0.3, 0.4) is 0 Å². The molecule has 0 aromatic carbocycles. The van der Waals surface area contributed by atoms with Gasteiger partial charge in [-0.2, -0.15) is 0 Å². The van der Waals surface area contributed by atoms with E-state index in [2.05, 4.69) is 0 Å². The lowest BCUT2D eigenvalue weighted by Crippen LogP contribution is -2.06. The molecule has 0 aliphatic heterocycles. The maximum absolute atomic E-state index is 11.9. The lowest BCUT2D eigenvalue weighted by Gasteiger charge is -2.22. The van der Waals surface area contributed by atoms with E-state index in [1.54, 1.807) is 21.6 Å². The van der Waals surface area contributed by atoms with Crippen LogP contribution < -0.4 is 0 Å². The van der Waals surface area contributed by atoms with Crippen LogP contribution in [0.25, 0.3) is 0 Å². The molecule has 0 aromatic heterocycles. The van der Waals surface area contributed by atoms with Crippen molar-refractivity contribution in [2.45, 2.75) is 74.7 Å². The summed E-state index contributed by atoms with van der Waals surface area (Å²) in [6.07, 6.45) is 12.5. The summed E-state index contributed by atoms with van der Waals surface area (Å²) in [4.78, 5) is 9.82. The van der Waals surface area contributed by atoms with Crippen molar-refractivity contribution >= 4 is 49.9 Å². The molecule has 0 amide bonds. The van der Waals surface area contributed by atoms with E-state index < -0.39 is 6.80 Å². The van der Waals surface area contributed by atoms with Crippen LogP contribution in [0.15, 0.2) is 0 Å². The monoisotopic (exact) mass is 374 g/mol. The standard InChI is InChI=1S/C12H23O3PS4/c13-16(14,20-18-12-9-5-2-6-10-12)15-19-17-11-7-3-1-4-8-11/h11-12H,1-10H2,(H,13,14). The third-order valence-corrected chi connectivity index (χ3v) is 12.8. The van der Waals surface area contributed by atoms with Crippen molar-refractivity contribution in [3.63, 3.8) is 0 Å². The number of hydrogen-bond acceptors (Lipinski definition) is 6. The van der Waals surface area contributed by atoms with Gasteiger partial charge in [-0.25, -0.2) is 8.54 Å². The lowest BCUT2D eigenvalue weighted by atomic mass is 10.0. The van der Waals surface area contributed by atoms with Gasteiger partial charge < -0.3 is 4.89 Å². The Morgan fingerprint density at radius 1 is 0.850 bits per heavy atom. The Hall–Kier alpha value is 1.55. The zero-order valence-electron chi connectivity index (χ0n) is 11.6. The Morgan fingerprint density at radius 2 is 1.35 bits per heavy atom. The van der Waals surface area contributed by atoms with Gasteiger partial charge in [0.15, 0.2) is 0 Å². The molecular weight excluding hydrogens is 351 g/mol. The van der Waals surface area contributed by atoms with Gasteiger partial charge >= 0.3 is 6.80 Å². The van der Waals surface area contributed by atoms with Gasteiger partial charge in [-0.15, -0.1) is 0 Å². The van der Waals surface area contributed by atoms with Crippen molar-refractivity contribution in [3.8, 4) is 0 Å². The van der Waals surface area contributed by atoms with E-state index in [4.69, 9.17) is 3.97 Å². The van der Waals surface area contributed by atoms with Crippen LogP contribution >= 0.6 is 49.9 Å². The Morgan fingerprint density at radius 3 is 1.90 bits per heavy atom. The van der Waals surface area contributed by atoms with Crippen molar-refractivity contribution in [2.75, 3.05) is 0 Å². The summed E-state index contributed by atoms with van der Waals surface area (Å²) in [5, 5.41) is 1.11. The van der Waals surface area contributed by atoms with Crippen LogP contribution in [0.2, 0.25) is 0 Å². The molecule has 3 nitrogen and oxygen atoms in total. The van der Waals surface area contributed by atoms with E-state index in [1.807, 2.05) is 0 Å². The second-order valence-electron chi connectivity index (χ2n) is 5.40. The molecule has 2 saturated carbocycles. The van der Waals surface area contributed by atoms with Gasteiger partial charge in [0.2, 0.25) is 0 Å². The molecule has 0 bridgehead atoms. The van der Waals surface area contributed by atoms with Gasteiger partial charge in [0.05, 0.1) is 11.1 Å². The minimum Gasteiger partial charge on any atom is -0.315 e. The first-order chi connectivity index (χ1) is 9.66. The van der Waals surface area contributed by atoms with E-state index in [-0.39, 0.29) is 0 Å². The van der Waals surface area contributed by atoms with Crippen LogP contribution in [0.4, 0.5) is 0 Å². The van der Waals surface area contributed by atoms with Gasteiger partial charge in [-0.3, -0.25) is 0 Å². The predicted molar refractivity (Wildman–Crippen MR) is 95.0 cm³/mol. The highest BCUT2D eigenvalue weighted by molar-refractivity contribution is 8.99. The SMILES string of the molecule is O=P(O)(OSSC1CCCCC1)SSC1CCCCC1. The fourth-order valence-electron chi connectivity index (χ4n) is 2.56. The average Bonchev–Trinajstić information content (AvgIpc) is 2.47. The highest BCUT2D eigenvalue weighted by atomic mass is 33.3. The molecule has 2 aliphatic rings. The van der Waals surface area contributed by atoms with E-state index >= 15 is 0 Å². The Kier molecular flexibility index (Phi) is 8.62. The predicted octanol–water partition coefficient (Wildman–Crippen LogP) is 6.45. The van der Waals surface area contributed by atoms with E-state index in [1.165, 1.54) is 64.2 Å². The fourth-order valence-corrected chi connectivity index (χ4v) is 11.3. The number of hydrogen-bond donors (Lipinski definition) is 1.